The van der Waals surface area contributed by atoms with Crippen LogP contribution in [0.5, 0.6) is 0 Å². The zero-order valence-electron chi connectivity index (χ0n) is 5.27. The zero-order chi connectivity index (χ0) is 6.41. The van der Waals surface area contributed by atoms with E-state index in [1.165, 1.54) is 0 Å². The van der Waals surface area contributed by atoms with Gasteiger partial charge in [-0.25, -0.2) is 0 Å². The normalized spacial score (nSPS) is 11.0. The molecule has 1 N–H and O–H groups in total. The molecule has 0 aromatic heterocycles. The van der Waals surface area contributed by atoms with Gasteiger partial charge in [0.05, 0.1) is 0 Å². The van der Waals surface area contributed by atoms with E-state index in [2.05, 4.69) is 5.32 Å². The standard InChI is InChI=1S/C6H11NO/c1-3-4-6(2)7-5-8/h4-5H,3H2,1-2H3,(H,7,8)/b6-4+. The molecular formula is C6H11NO. The highest BCUT2D eigenvalue weighted by Crippen LogP contribution is 1.86. The molecule has 2 nitrogen and oxygen atoms in total. The maximum atomic E-state index is 9.74. The van der Waals surface area contributed by atoms with Crippen molar-refractivity contribution in [3.05, 3.63) is 11.8 Å². The Morgan fingerprint density at radius 2 is 2.38 bits per heavy atom. The maximum Gasteiger partial charge on any atom is 0.211 e. The predicted molar refractivity (Wildman–Crippen MR) is 33.2 cm³/mol. The Kier molecular flexibility index (Phi) is 3.94. The molecule has 0 atom stereocenters. The van der Waals surface area contributed by atoms with Crippen molar-refractivity contribution in [2.75, 3.05) is 0 Å². The monoisotopic (exact) mass is 113 g/mol. The molecule has 0 aliphatic carbocycles. The largest absolute Gasteiger partial charge is 0.333 e. The van der Waals surface area contributed by atoms with Crippen LogP contribution in [0.15, 0.2) is 11.8 Å². The van der Waals surface area contributed by atoms with Gasteiger partial charge in [0.25, 0.3) is 0 Å². The van der Waals surface area contributed by atoms with Crippen molar-refractivity contribution in [3.63, 3.8) is 0 Å². The molecule has 0 bridgehead atoms. The number of rotatable bonds is 3. The highest BCUT2D eigenvalue weighted by Gasteiger charge is 1.78. The lowest BCUT2D eigenvalue weighted by Crippen LogP contribution is -2.06. The zero-order valence-corrected chi connectivity index (χ0v) is 5.27. The molecule has 2 heteroatoms. The number of carbonyl (C=O) groups excluding carboxylic acids is 1. The summed E-state index contributed by atoms with van der Waals surface area (Å²) in [5.74, 6) is 0. The first-order valence-corrected chi connectivity index (χ1v) is 2.68. The van der Waals surface area contributed by atoms with E-state index in [1.54, 1.807) is 0 Å². The average molecular weight is 113 g/mol. The van der Waals surface area contributed by atoms with Gasteiger partial charge in [-0.3, -0.25) is 4.79 Å². The highest BCUT2D eigenvalue weighted by molar-refractivity contribution is 5.49. The third-order valence-electron chi connectivity index (χ3n) is 0.797. The summed E-state index contributed by atoms with van der Waals surface area (Å²) in [6.07, 6.45) is 3.60. The summed E-state index contributed by atoms with van der Waals surface area (Å²) in [5, 5.41) is 2.53. The lowest BCUT2D eigenvalue weighted by Gasteiger charge is -1.92. The molecule has 8 heavy (non-hydrogen) atoms. The number of nitrogens with one attached hydrogen (secondary N) is 1. The number of amides is 1. The summed E-state index contributed by atoms with van der Waals surface area (Å²) in [4.78, 5) is 9.74. The molecule has 0 aromatic carbocycles. The van der Waals surface area contributed by atoms with E-state index < -0.39 is 0 Å². The lowest BCUT2D eigenvalue weighted by molar-refractivity contribution is -0.108. The Balaban J connectivity index is 3.44. The molecule has 0 spiro atoms. The van der Waals surface area contributed by atoms with Crippen LogP contribution in [0.2, 0.25) is 0 Å². The van der Waals surface area contributed by atoms with Gasteiger partial charge in [-0.1, -0.05) is 13.0 Å². The first-order valence-electron chi connectivity index (χ1n) is 2.68. The van der Waals surface area contributed by atoms with Crippen molar-refractivity contribution in [1.29, 1.82) is 0 Å². The molecule has 1 amide bonds. The van der Waals surface area contributed by atoms with Crippen LogP contribution in [0, 0.1) is 0 Å². The third kappa shape index (κ3) is 3.40. The molecular weight excluding hydrogens is 102 g/mol. The third-order valence-corrected chi connectivity index (χ3v) is 0.797. The van der Waals surface area contributed by atoms with Gasteiger partial charge >= 0.3 is 0 Å². The SMILES string of the molecule is CC/C=C(\C)NC=O. The van der Waals surface area contributed by atoms with Crippen molar-refractivity contribution in [2.24, 2.45) is 0 Å². The Hall–Kier alpha value is -0.790. The maximum absolute atomic E-state index is 9.74. The van der Waals surface area contributed by atoms with Crippen LogP contribution in [0.25, 0.3) is 0 Å². The molecule has 46 valence electrons. The molecule has 0 aliphatic heterocycles. The summed E-state index contributed by atoms with van der Waals surface area (Å²) >= 11 is 0. The molecule has 0 unspecified atom stereocenters. The summed E-state index contributed by atoms with van der Waals surface area (Å²) in [5.41, 5.74) is 0.919. The van der Waals surface area contributed by atoms with Gasteiger partial charge in [0.1, 0.15) is 0 Å². The van der Waals surface area contributed by atoms with E-state index in [1.807, 2.05) is 19.9 Å². The molecule has 0 saturated carbocycles. The first-order chi connectivity index (χ1) is 3.81. The molecule has 0 aromatic rings. The Labute approximate surface area is 49.6 Å². The van der Waals surface area contributed by atoms with Crippen molar-refractivity contribution >= 4 is 6.41 Å². The minimum atomic E-state index is 0.682. The lowest BCUT2D eigenvalue weighted by atomic mass is 10.4. The van der Waals surface area contributed by atoms with E-state index in [0.29, 0.717) is 6.41 Å². The van der Waals surface area contributed by atoms with Crippen LogP contribution < -0.4 is 5.32 Å². The first kappa shape index (κ1) is 7.21. The van der Waals surface area contributed by atoms with Crippen LogP contribution >= 0.6 is 0 Å². The minimum Gasteiger partial charge on any atom is -0.333 e. The predicted octanol–water partition coefficient (Wildman–Crippen LogP) is 1.05. The van der Waals surface area contributed by atoms with E-state index in [9.17, 15) is 4.79 Å². The summed E-state index contributed by atoms with van der Waals surface area (Å²) in [6.45, 7) is 3.88. The number of hydrogen-bond donors (Lipinski definition) is 1. The Bertz CT molecular complexity index is 96.7. The van der Waals surface area contributed by atoms with Crippen molar-refractivity contribution in [3.8, 4) is 0 Å². The molecule has 0 aliphatic rings. The molecule has 0 fully saturated rings. The van der Waals surface area contributed by atoms with E-state index in [-0.39, 0.29) is 0 Å². The number of hydrogen-bond acceptors (Lipinski definition) is 1. The van der Waals surface area contributed by atoms with Crippen LogP contribution in [0.1, 0.15) is 20.3 Å². The molecule has 0 radical (unpaired) electrons. The van der Waals surface area contributed by atoms with Gasteiger partial charge in [-0.05, 0) is 13.3 Å². The van der Waals surface area contributed by atoms with Gasteiger partial charge in [0.2, 0.25) is 6.41 Å². The second kappa shape index (κ2) is 4.37. The van der Waals surface area contributed by atoms with Crippen LogP contribution in [0.3, 0.4) is 0 Å². The second-order valence-corrected chi connectivity index (χ2v) is 1.56. The highest BCUT2D eigenvalue weighted by atomic mass is 16.1. The van der Waals surface area contributed by atoms with Crippen molar-refractivity contribution in [2.45, 2.75) is 20.3 Å². The smallest absolute Gasteiger partial charge is 0.211 e. The molecule has 0 saturated heterocycles. The fourth-order valence-electron chi connectivity index (χ4n) is 0.458. The van der Waals surface area contributed by atoms with Crippen LogP contribution in [0.4, 0.5) is 0 Å². The van der Waals surface area contributed by atoms with Gasteiger partial charge in [0, 0.05) is 5.70 Å². The quantitative estimate of drug-likeness (QED) is 0.544. The summed E-state index contributed by atoms with van der Waals surface area (Å²) in [7, 11) is 0. The Morgan fingerprint density at radius 1 is 1.75 bits per heavy atom. The Morgan fingerprint density at radius 3 is 2.75 bits per heavy atom. The summed E-state index contributed by atoms with van der Waals surface area (Å²) < 4.78 is 0. The van der Waals surface area contributed by atoms with Gasteiger partial charge in [-0.2, -0.15) is 0 Å². The van der Waals surface area contributed by atoms with Crippen molar-refractivity contribution < 1.29 is 4.79 Å². The number of carbonyl (C=O) groups is 1. The van der Waals surface area contributed by atoms with Crippen LogP contribution in [-0.4, -0.2) is 6.41 Å². The van der Waals surface area contributed by atoms with Gasteiger partial charge in [0.15, 0.2) is 0 Å². The fraction of sp³-hybridized carbons (Fsp3) is 0.500. The van der Waals surface area contributed by atoms with E-state index >= 15 is 0 Å². The van der Waals surface area contributed by atoms with E-state index in [4.69, 9.17) is 0 Å². The van der Waals surface area contributed by atoms with Crippen molar-refractivity contribution in [1.82, 2.24) is 5.32 Å². The van der Waals surface area contributed by atoms with E-state index in [0.717, 1.165) is 12.1 Å². The molecule has 0 heterocycles. The van der Waals surface area contributed by atoms with Crippen LogP contribution in [-0.2, 0) is 4.79 Å². The minimum absolute atomic E-state index is 0.682. The second-order valence-electron chi connectivity index (χ2n) is 1.56. The van der Waals surface area contributed by atoms with Gasteiger partial charge in [-0.15, -0.1) is 0 Å². The average Bonchev–Trinajstić information content (AvgIpc) is 1.68. The number of allylic oxidation sites excluding steroid dienone is 2. The van der Waals surface area contributed by atoms with Gasteiger partial charge < -0.3 is 5.32 Å². The topological polar surface area (TPSA) is 29.1 Å². The molecule has 0 rings (SSSR count). The summed E-state index contributed by atoms with van der Waals surface area (Å²) in [6, 6.07) is 0. The fourth-order valence-corrected chi connectivity index (χ4v) is 0.458.